The minimum absolute atomic E-state index is 0.0166. The topological polar surface area (TPSA) is 60.4 Å². The van der Waals surface area contributed by atoms with E-state index in [9.17, 15) is 0 Å². The normalized spacial score (nSPS) is 26.2. The summed E-state index contributed by atoms with van der Waals surface area (Å²) in [5.41, 5.74) is 1.17. The summed E-state index contributed by atoms with van der Waals surface area (Å²) in [7, 11) is 0. The molecule has 0 radical (unpaired) electrons. The molecule has 2 aromatic heterocycles. The van der Waals surface area contributed by atoms with E-state index in [0.717, 1.165) is 50.5 Å². The Morgan fingerprint density at radius 3 is 2.88 bits per heavy atom. The highest BCUT2D eigenvalue weighted by Crippen LogP contribution is 2.41. The lowest BCUT2D eigenvalue weighted by atomic mass is 9.73. The zero-order chi connectivity index (χ0) is 17.0. The molecular weight excluding hydrogens is 316 g/mol. The van der Waals surface area contributed by atoms with Gasteiger partial charge in [0.25, 0.3) is 0 Å². The van der Waals surface area contributed by atoms with Gasteiger partial charge in [-0.1, -0.05) is 0 Å². The Hall–Kier alpha value is -2.05. The van der Waals surface area contributed by atoms with Crippen LogP contribution in [-0.4, -0.2) is 47.4 Å². The van der Waals surface area contributed by atoms with Crippen LogP contribution in [0.4, 0.5) is 5.95 Å². The van der Waals surface area contributed by atoms with Gasteiger partial charge in [0.05, 0.1) is 19.3 Å². The number of hydrogen-bond donors (Lipinski definition) is 0. The van der Waals surface area contributed by atoms with Gasteiger partial charge in [0, 0.05) is 49.9 Å². The van der Waals surface area contributed by atoms with E-state index in [4.69, 9.17) is 9.47 Å². The van der Waals surface area contributed by atoms with Gasteiger partial charge in [-0.25, -0.2) is 9.97 Å². The molecule has 0 spiro atoms. The van der Waals surface area contributed by atoms with Crippen LogP contribution in [0.1, 0.15) is 24.8 Å². The average molecular weight is 340 g/mol. The second-order valence-corrected chi connectivity index (χ2v) is 6.93. The summed E-state index contributed by atoms with van der Waals surface area (Å²) < 4.78 is 12.2. The fourth-order valence-corrected chi connectivity index (χ4v) is 3.98. The summed E-state index contributed by atoms with van der Waals surface area (Å²) in [5.74, 6) is 0.806. The molecule has 0 amide bonds. The third-order valence-electron chi connectivity index (χ3n) is 5.23. The molecule has 2 aromatic rings. The van der Waals surface area contributed by atoms with E-state index in [2.05, 4.69) is 19.9 Å². The monoisotopic (exact) mass is 340 g/mol. The van der Waals surface area contributed by atoms with Crippen molar-refractivity contribution in [1.82, 2.24) is 15.0 Å². The van der Waals surface area contributed by atoms with E-state index in [0.29, 0.717) is 13.2 Å². The van der Waals surface area contributed by atoms with Crippen LogP contribution in [-0.2, 0) is 16.1 Å². The largest absolute Gasteiger partial charge is 0.377 e. The number of piperidine rings is 1. The first-order valence-corrected chi connectivity index (χ1v) is 8.96. The highest BCUT2D eigenvalue weighted by molar-refractivity contribution is 5.31. The molecule has 2 aliphatic heterocycles. The zero-order valence-electron chi connectivity index (χ0n) is 14.4. The van der Waals surface area contributed by atoms with Crippen LogP contribution in [0.5, 0.6) is 0 Å². The summed E-state index contributed by atoms with van der Waals surface area (Å²) in [4.78, 5) is 15.2. The number of pyridine rings is 1. The Bertz CT molecular complexity index is 670. The van der Waals surface area contributed by atoms with E-state index in [-0.39, 0.29) is 11.5 Å². The van der Waals surface area contributed by atoms with Crippen LogP contribution in [0.15, 0.2) is 43.0 Å². The van der Waals surface area contributed by atoms with E-state index < -0.39 is 0 Å². The quantitative estimate of drug-likeness (QED) is 0.833. The Morgan fingerprint density at radius 2 is 2.04 bits per heavy atom. The third kappa shape index (κ3) is 3.65. The number of rotatable bonds is 5. The number of aromatic nitrogens is 3. The Kier molecular flexibility index (Phi) is 4.90. The molecule has 0 unspecified atom stereocenters. The molecule has 4 rings (SSSR count). The van der Waals surface area contributed by atoms with E-state index in [1.807, 2.05) is 18.2 Å². The molecule has 2 aliphatic rings. The lowest BCUT2D eigenvalue weighted by molar-refractivity contribution is -0.127. The maximum atomic E-state index is 6.13. The Labute approximate surface area is 148 Å². The van der Waals surface area contributed by atoms with Crippen molar-refractivity contribution in [3.05, 3.63) is 48.5 Å². The highest BCUT2D eigenvalue weighted by Gasteiger charge is 2.46. The van der Waals surface area contributed by atoms with Gasteiger partial charge in [-0.3, -0.25) is 4.98 Å². The van der Waals surface area contributed by atoms with Crippen molar-refractivity contribution >= 4 is 5.95 Å². The van der Waals surface area contributed by atoms with Gasteiger partial charge in [0.15, 0.2) is 0 Å². The van der Waals surface area contributed by atoms with Crippen LogP contribution < -0.4 is 4.90 Å². The minimum Gasteiger partial charge on any atom is -0.377 e. The standard InChI is InChI=1S/C19H24N4O2/c1-6-19(15-24-13-16-3-9-20-10-4-16)14-23(11-5-17(19)25-12-1)18-21-7-2-8-22-18/h2-4,7-10,17H,1,5-6,11-15H2/t17-,19-/m0/s1. The van der Waals surface area contributed by atoms with Crippen LogP contribution in [0.25, 0.3) is 0 Å². The van der Waals surface area contributed by atoms with Crippen LogP contribution >= 0.6 is 0 Å². The molecule has 2 saturated heterocycles. The lowest BCUT2D eigenvalue weighted by Crippen LogP contribution is -2.57. The third-order valence-corrected chi connectivity index (χ3v) is 5.23. The summed E-state index contributed by atoms with van der Waals surface area (Å²) in [6.07, 6.45) is 10.7. The maximum Gasteiger partial charge on any atom is 0.225 e. The number of anilines is 1. The van der Waals surface area contributed by atoms with Gasteiger partial charge in [-0.15, -0.1) is 0 Å². The van der Waals surface area contributed by atoms with Gasteiger partial charge < -0.3 is 14.4 Å². The van der Waals surface area contributed by atoms with Crippen LogP contribution in [0.3, 0.4) is 0 Å². The first kappa shape index (κ1) is 16.4. The van der Waals surface area contributed by atoms with E-state index in [1.165, 1.54) is 0 Å². The van der Waals surface area contributed by atoms with Crippen molar-refractivity contribution in [1.29, 1.82) is 0 Å². The molecule has 6 nitrogen and oxygen atoms in total. The molecule has 0 N–H and O–H groups in total. The number of fused-ring (bicyclic) bond motifs is 1. The van der Waals surface area contributed by atoms with Crippen molar-refractivity contribution in [3.8, 4) is 0 Å². The first-order chi connectivity index (χ1) is 12.4. The molecular formula is C19H24N4O2. The molecule has 0 saturated carbocycles. The summed E-state index contributed by atoms with van der Waals surface area (Å²) in [6, 6.07) is 5.85. The van der Waals surface area contributed by atoms with E-state index in [1.54, 1.807) is 24.8 Å². The molecule has 0 aliphatic carbocycles. The van der Waals surface area contributed by atoms with Crippen molar-refractivity contribution < 1.29 is 9.47 Å². The van der Waals surface area contributed by atoms with Gasteiger partial charge in [0.2, 0.25) is 5.95 Å². The van der Waals surface area contributed by atoms with E-state index >= 15 is 0 Å². The predicted molar refractivity (Wildman–Crippen MR) is 94.2 cm³/mol. The second kappa shape index (κ2) is 7.45. The molecule has 0 aromatic carbocycles. The number of ether oxygens (including phenoxy) is 2. The van der Waals surface area contributed by atoms with Crippen molar-refractivity contribution in [2.75, 3.05) is 31.2 Å². The Balaban J connectivity index is 1.46. The molecule has 6 heteroatoms. The molecule has 132 valence electrons. The molecule has 2 fully saturated rings. The van der Waals surface area contributed by atoms with Crippen LogP contribution in [0, 0.1) is 5.41 Å². The smallest absolute Gasteiger partial charge is 0.225 e. The number of hydrogen-bond acceptors (Lipinski definition) is 6. The zero-order valence-corrected chi connectivity index (χ0v) is 14.4. The second-order valence-electron chi connectivity index (χ2n) is 6.93. The fraction of sp³-hybridized carbons (Fsp3) is 0.526. The molecule has 25 heavy (non-hydrogen) atoms. The summed E-state index contributed by atoms with van der Waals surface area (Å²) in [5, 5.41) is 0. The summed E-state index contributed by atoms with van der Waals surface area (Å²) >= 11 is 0. The predicted octanol–water partition coefficient (Wildman–Crippen LogP) is 2.46. The first-order valence-electron chi connectivity index (χ1n) is 8.96. The van der Waals surface area contributed by atoms with Gasteiger partial charge >= 0.3 is 0 Å². The van der Waals surface area contributed by atoms with Gasteiger partial charge in [-0.05, 0) is 43.0 Å². The van der Waals surface area contributed by atoms with Crippen molar-refractivity contribution in [3.63, 3.8) is 0 Å². The Morgan fingerprint density at radius 1 is 1.20 bits per heavy atom. The molecule has 2 atom stereocenters. The molecule has 0 bridgehead atoms. The SMILES string of the molecule is c1cnc(N2CC[C@@H]3OCCC[C@@]3(COCc3ccncc3)C2)nc1. The average Bonchev–Trinajstić information content (AvgIpc) is 2.69. The minimum atomic E-state index is 0.0166. The summed E-state index contributed by atoms with van der Waals surface area (Å²) in [6.45, 7) is 3.99. The lowest BCUT2D eigenvalue weighted by Gasteiger charge is -2.50. The van der Waals surface area contributed by atoms with Gasteiger partial charge in [0.1, 0.15) is 0 Å². The number of nitrogens with zero attached hydrogens (tertiary/aromatic N) is 4. The highest BCUT2D eigenvalue weighted by atomic mass is 16.5. The van der Waals surface area contributed by atoms with Crippen LogP contribution in [0.2, 0.25) is 0 Å². The van der Waals surface area contributed by atoms with Gasteiger partial charge in [-0.2, -0.15) is 0 Å². The molecule has 4 heterocycles. The van der Waals surface area contributed by atoms with Crippen molar-refractivity contribution in [2.24, 2.45) is 5.41 Å². The van der Waals surface area contributed by atoms with Crippen molar-refractivity contribution in [2.45, 2.75) is 32.0 Å². The fourth-order valence-electron chi connectivity index (χ4n) is 3.98. The maximum absolute atomic E-state index is 6.13.